The summed E-state index contributed by atoms with van der Waals surface area (Å²) in [6.45, 7) is 1.05. The predicted molar refractivity (Wildman–Crippen MR) is 84.3 cm³/mol. The van der Waals surface area contributed by atoms with Gasteiger partial charge in [-0.05, 0) is 36.6 Å². The summed E-state index contributed by atoms with van der Waals surface area (Å²) < 4.78 is 2.20. The molecular formula is C17H18N4. The van der Waals surface area contributed by atoms with Crippen LogP contribution in [-0.4, -0.2) is 21.1 Å². The van der Waals surface area contributed by atoms with Crippen molar-refractivity contribution < 1.29 is 0 Å². The third kappa shape index (κ3) is 1.98. The van der Waals surface area contributed by atoms with Crippen molar-refractivity contribution in [2.75, 3.05) is 11.4 Å². The Hall–Kier alpha value is -2.36. The standard InChI is InChI=1S/C17H18N4/c1-20-16-8-3-2-7-14(16)19-17(20)21-11-5-9-15(21)13-6-4-10-18-12-13/h2-4,6-8,10,12,15H,5,9,11H2,1H3/t15-/m0/s1. The first-order valence-electron chi connectivity index (χ1n) is 7.42. The molecule has 0 radical (unpaired) electrons. The number of benzene rings is 1. The van der Waals surface area contributed by atoms with Crippen molar-refractivity contribution in [2.24, 2.45) is 7.05 Å². The van der Waals surface area contributed by atoms with Crippen LogP contribution in [-0.2, 0) is 7.05 Å². The first-order chi connectivity index (χ1) is 10.3. The van der Waals surface area contributed by atoms with Gasteiger partial charge in [-0.3, -0.25) is 4.98 Å². The minimum absolute atomic E-state index is 0.384. The fraction of sp³-hybridized carbons (Fsp3) is 0.294. The van der Waals surface area contributed by atoms with E-state index in [0.717, 1.165) is 24.4 Å². The number of aromatic nitrogens is 3. The second kappa shape index (κ2) is 4.88. The summed E-state index contributed by atoms with van der Waals surface area (Å²) >= 11 is 0. The van der Waals surface area contributed by atoms with Crippen LogP contribution in [0.4, 0.5) is 5.95 Å². The Morgan fingerprint density at radius 3 is 2.86 bits per heavy atom. The van der Waals surface area contributed by atoms with Gasteiger partial charge in [0.2, 0.25) is 5.95 Å². The molecule has 4 rings (SSSR count). The van der Waals surface area contributed by atoms with E-state index >= 15 is 0 Å². The molecule has 1 aromatic carbocycles. The molecule has 4 nitrogen and oxygen atoms in total. The van der Waals surface area contributed by atoms with Gasteiger partial charge in [-0.1, -0.05) is 18.2 Å². The van der Waals surface area contributed by atoms with E-state index in [4.69, 9.17) is 4.98 Å². The number of aryl methyl sites for hydroxylation is 1. The molecule has 0 amide bonds. The fourth-order valence-electron chi connectivity index (χ4n) is 3.32. The Morgan fingerprint density at radius 1 is 1.14 bits per heavy atom. The molecule has 0 saturated carbocycles. The topological polar surface area (TPSA) is 34.0 Å². The molecule has 0 N–H and O–H groups in total. The zero-order valence-corrected chi connectivity index (χ0v) is 12.1. The van der Waals surface area contributed by atoms with Crippen LogP contribution in [0.3, 0.4) is 0 Å². The van der Waals surface area contributed by atoms with Crippen molar-refractivity contribution in [1.82, 2.24) is 14.5 Å². The monoisotopic (exact) mass is 278 g/mol. The lowest BCUT2D eigenvalue weighted by atomic mass is 10.1. The van der Waals surface area contributed by atoms with Gasteiger partial charge in [0.25, 0.3) is 0 Å². The summed E-state index contributed by atoms with van der Waals surface area (Å²) in [5.74, 6) is 1.06. The maximum atomic E-state index is 4.84. The molecule has 2 aromatic heterocycles. The van der Waals surface area contributed by atoms with Crippen molar-refractivity contribution in [2.45, 2.75) is 18.9 Å². The molecular weight excluding hydrogens is 260 g/mol. The lowest BCUT2D eigenvalue weighted by Crippen LogP contribution is -2.25. The van der Waals surface area contributed by atoms with E-state index in [2.05, 4.69) is 45.8 Å². The van der Waals surface area contributed by atoms with E-state index in [1.165, 1.54) is 17.5 Å². The first-order valence-corrected chi connectivity index (χ1v) is 7.42. The van der Waals surface area contributed by atoms with E-state index in [1.807, 2.05) is 24.5 Å². The maximum absolute atomic E-state index is 4.84. The molecule has 1 aliphatic heterocycles. The zero-order valence-electron chi connectivity index (χ0n) is 12.1. The number of rotatable bonds is 2. The number of anilines is 1. The van der Waals surface area contributed by atoms with Crippen LogP contribution < -0.4 is 4.90 Å². The van der Waals surface area contributed by atoms with E-state index in [9.17, 15) is 0 Å². The summed E-state index contributed by atoms with van der Waals surface area (Å²) in [5.41, 5.74) is 3.53. The first kappa shape index (κ1) is 12.4. The van der Waals surface area contributed by atoms with Gasteiger partial charge in [0.05, 0.1) is 17.1 Å². The highest BCUT2D eigenvalue weighted by Crippen LogP contribution is 2.36. The molecule has 21 heavy (non-hydrogen) atoms. The van der Waals surface area contributed by atoms with Crippen molar-refractivity contribution in [3.05, 3.63) is 54.4 Å². The summed E-state index contributed by atoms with van der Waals surface area (Å²) in [6, 6.07) is 12.9. The minimum Gasteiger partial charge on any atom is -0.335 e. The van der Waals surface area contributed by atoms with Crippen LogP contribution in [0.25, 0.3) is 11.0 Å². The smallest absolute Gasteiger partial charge is 0.206 e. The zero-order chi connectivity index (χ0) is 14.2. The molecule has 0 aliphatic carbocycles. The number of fused-ring (bicyclic) bond motifs is 1. The van der Waals surface area contributed by atoms with Gasteiger partial charge in [0.1, 0.15) is 0 Å². The Bertz CT molecular complexity index is 763. The normalized spacial score (nSPS) is 18.5. The number of hydrogen-bond donors (Lipinski definition) is 0. The highest BCUT2D eigenvalue weighted by atomic mass is 15.3. The van der Waals surface area contributed by atoms with E-state index in [0.29, 0.717) is 6.04 Å². The molecule has 0 bridgehead atoms. The SMILES string of the molecule is Cn1c(N2CCC[C@H]2c2cccnc2)nc2ccccc21. The van der Waals surface area contributed by atoms with Gasteiger partial charge in [-0.25, -0.2) is 4.98 Å². The fourth-order valence-corrected chi connectivity index (χ4v) is 3.32. The summed E-state index contributed by atoms with van der Waals surface area (Å²) in [5, 5.41) is 0. The van der Waals surface area contributed by atoms with Crippen LogP contribution in [0.2, 0.25) is 0 Å². The van der Waals surface area contributed by atoms with E-state index < -0.39 is 0 Å². The molecule has 1 saturated heterocycles. The lowest BCUT2D eigenvalue weighted by Gasteiger charge is -2.25. The second-order valence-corrected chi connectivity index (χ2v) is 5.60. The molecule has 0 unspecified atom stereocenters. The van der Waals surface area contributed by atoms with Crippen molar-refractivity contribution in [3.63, 3.8) is 0 Å². The average molecular weight is 278 g/mol. The van der Waals surface area contributed by atoms with Gasteiger partial charge in [0, 0.05) is 26.0 Å². The van der Waals surface area contributed by atoms with E-state index in [1.54, 1.807) is 0 Å². The number of nitrogens with zero attached hydrogens (tertiary/aromatic N) is 4. The molecule has 4 heteroatoms. The molecule has 3 heterocycles. The van der Waals surface area contributed by atoms with Gasteiger partial charge in [-0.15, -0.1) is 0 Å². The average Bonchev–Trinajstić information content (AvgIpc) is 3.13. The lowest BCUT2D eigenvalue weighted by molar-refractivity contribution is 0.687. The van der Waals surface area contributed by atoms with Crippen molar-refractivity contribution in [1.29, 1.82) is 0 Å². The number of hydrogen-bond acceptors (Lipinski definition) is 3. The molecule has 1 atom stereocenters. The third-order valence-electron chi connectivity index (χ3n) is 4.34. The molecule has 1 aliphatic rings. The summed E-state index contributed by atoms with van der Waals surface area (Å²) in [7, 11) is 2.10. The quantitative estimate of drug-likeness (QED) is 0.721. The van der Waals surface area contributed by atoms with E-state index in [-0.39, 0.29) is 0 Å². The molecule has 1 fully saturated rings. The number of imidazole rings is 1. The maximum Gasteiger partial charge on any atom is 0.206 e. The largest absolute Gasteiger partial charge is 0.335 e. The second-order valence-electron chi connectivity index (χ2n) is 5.60. The van der Waals surface area contributed by atoms with Gasteiger partial charge < -0.3 is 9.47 Å². The molecule has 3 aromatic rings. The Balaban J connectivity index is 1.78. The molecule has 106 valence electrons. The Kier molecular flexibility index (Phi) is 2.88. The third-order valence-corrected chi connectivity index (χ3v) is 4.34. The van der Waals surface area contributed by atoms with Crippen molar-refractivity contribution >= 4 is 17.0 Å². The Morgan fingerprint density at radius 2 is 2.05 bits per heavy atom. The van der Waals surface area contributed by atoms with Crippen LogP contribution >= 0.6 is 0 Å². The van der Waals surface area contributed by atoms with Gasteiger partial charge in [-0.2, -0.15) is 0 Å². The van der Waals surface area contributed by atoms with Gasteiger partial charge in [0.15, 0.2) is 0 Å². The Labute approximate surface area is 124 Å². The summed E-state index contributed by atoms with van der Waals surface area (Å²) in [6.07, 6.45) is 6.17. The minimum atomic E-state index is 0.384. The van der Waals surface area contributed by atoms with Crippen LogP contribution in [0.5, 0.6) is 0 Å². The van der Waals surface area contributed by atoms with Crippen molar-refractivity contribution in [3.8, 4) is 0 Å². The summed E-state index contributed by atoms with van der Waals surface area (Å²) in [4.78, 5) is 11.5. The predicted octanol–water partition coefficient (Wildman–Crippen LogP) is 3.31. The highest BCUT2D eigenvalue weighted by Gasteiger charge is 2.29. The van der Waals surface area contributed by atoms with Crippen LogP contribution in [0.1, 0.15) is 24.4 Å². The highest BCUT2D eigenvalue weighted by molar-refractivity contribution is 5.78. The van der Waals surface area contributed by atoms with Gasteiger partial charge >= 0.3 is 0 Å². The van der Waals surface area contributed by atoms with Crippen LogP contribution in [0, 0.1) is 0 Å². The molecule has 0 spiro atoms. The van der Waals surface area contributed by atoms with Crippen LogP contribution in [0.15, 0.2) is 48.8 Å². The number of para-hydroxylation sites is 2. The number of pyridine rings is 1.